The minimum Gasteiger partial charge on any atom is -0.393 e. The van der Waals surface area contributed by atoms with Crippen LogP contribution in [0.4, 0.5) is 17.1 Å². The molecule has 2 N–H and O–H groups in total. The van der Waals surface area contributed by atoms with Crippen LogP contribution in [0, 0.1) is 16.0 Å². The van der Waals surface area contributed by atoms with Crippen molar-refractivity contribution in [3.8, 4) is 0 Å². The van der Waals surface area contributed by atoms with Gasteiger partial charge in [0.15, 0.2) is 0 Å². The Morgan fingerprint density at radius 3 is 2.44 bits per heavy atom. The summed E-state index contributed by atoms with van der Waals surface area (Å²) in [7, 11) is 1.98. The highest BCUT2D eigenvalue weighted by atomic mass is 16.6. The Labute approximate surface area is 108 Å². The Bertz CT molecular complexity index is 432. The number of nitrogens with zero attached hydrogens (tertiary/aromatic N) is 2. The third-order valence-electron chi connectivity index (χ3n) is 3.09. The molecule has 0 spiro atoms. The van der Waals surface area contributed by atoms with Gasteiger partial charge in [-0.15, -0.1) is 0 Å². The Morgan fingerprint density at radius 1 is 1.39 bits per heavy atom. The zero-order valence-corrected chi connectivity index (χ0v) is 11.4. The van der Waals surface area contributed by atoms with Crippen molar-refractivity contribution in [2.75, 3.05) is 17.7 Å². The van der Waals surface area contributed by atoms with Gasteiger partial charge in [0.1, 0.15) is 5.69 Å². The van der Waals surface area contributed by atoms with Gasteiger partial charge in [-0.25, -0.2) is 0 Å². The number of benzene rings is 1. The lowest BCUT2D eigenvalue weighted by molar-refractivity contribution is -0.383. The summed E-state index contributed by atoms with van der Waals surface area (Å²) < 4.78 is 0. The van der Waals surface area contributed by atoms with Crippen LogP contribution in [-0.2, 0) is 0 Å². The molecule has 5 heteroatoms. The number of hydrogen-bond acceptors (Lipinski definition) is 4. The molecule has 0 heterocycles. The summed E-state index contributed by atoms with van der Waals surface area (Å²) in [6.07, 6.45) is 1.06. The van der Waals surface area contributed by atoms with Crippen molar-refractivity contribution in [3.05, 3.63) is 28.3 Å². The van der Waals surface area contributed by atoms with E-state index in [2.05, 4.69) is 25.7 Å². The second-order valence-corrected chi connectivity index (χ2v) is 5.09. The van der Waals surface area contributed by atoms with E-state index in [1.807, 2.05) is 7.05 Å². The summed E-state index contributed by atoms with van der Waals surface area (Å²) in [6.45, 7) is 6.49. The summed E-state index contributed by atoms with van der Waals surface area (Å²) in [6, 6.07) is 5.23. The topological polar surface area (TPSA) is 72.4 Å². The normalized spacial score (nSPS) is 12.5. The Hall–Kier alpha value is -1.78. The van der Waals surface area contributed by atoms with Crippen LogP contribution in [0.2, 0.25) is 0 Å². The van der Waals surface area contributed by atoms with Crippen LogP contribution in [0.1, 0.15) is 27.2 Å². The van der Waals surface area contributed by atoms with Gasteiger partial charge in [-0.05, 0) is 31.4 Å². The highest BCUT2D eigenvalue weighted by Gasteiger charge is 2.16. The Kier molecular flexibility index (Phi) is 4.53. The molecule has 5 nitrogen and oxygen atoms in total. The molecule has 1 rings (SSSR count). The highest BCUT2D eigenvalue weighted by Crippen LogP contribution is 2.28. The molecule has 0 bridgehead atoms. The Morgan fingerprint density at radius 2 is 2.00 bits per heavy atom. The summed E-state index contributed by atoms with van der Waals surface area (Å²) >= 11 is 0. The van der Waals surface area contributed by atoms with Crippen LogP contribution >= 0.6 is 0 Å². The van der Waals surface area contributed by atoms with Crippen molar-refractivity contribution in [1.29, 1.82) is 0 Å². The van der Waals surface area contributed by atoms with Gasteiger partial charge in [-0.2, -0.15) is 0 Å². The second kappa shape index (κ2) is 5.71. The zero-order valence-electron chi connectivity index (χ0n) is 11.4. The molecule has 1 unspecified atom stereocenters. The standard InChI is InChI=1S/C13H21N3O2/c1-9(2)7-10(3)15(4)11-5-6-13(16(17)18)12(14)8-11/h5-6,8-10H,7,14H2,1-4H3. The maximum atomic E-state index is 10.7. The van der Waals surface area contributed by atoms with E-state index >= 15 is 0 Å². The fraction of sp³-hybridized carbons (Fsp3) is 0.538. The zero-order chi connectivity index (χ0) is 13.9. The molecule has 0 aromatic heterocycles. The average Bonchev–Trinajstić information content (AvgIpc) is 2.26. The van der Waals surface area contributed by atoms with Gasteiger partial charge in [-0.1, -0.05) is 13.8 Å². The van der Waals surface area contributed by atoms with Gasteiger partial charge >= 0.3 is 0 Å². The Balaban J connectivity index is 2.90. The van der Waals surface area contributed by atoms with Crippen molar-refractivity contribution >= 4 is 17.1 Å². The van der Waals surface area contributed by atoms with E-state index in [9.17, 15) is 10.1 Å². The fourth-order valence-electron chi connectivity index (χ4n) is 2.02. The van der Waals surface area contributed by atoms with Crippen molar-refractivity contribution in [2.45, 2.75) is 33.2 Å². The van der Waals surface area contributed by atoms with Crippen molar-refractivity contribution < 1.29 is 4.92 Å². The minimum atomic E-state index is -0.462. The fourth-order valence-corrected chi connectivity index (χ4v) is 2.02. The van der Waals surface area contributed by atoms with E-state index < -0.39 is 4.92 Å². The molecule has 0 aliphatic heterocycles. The molecule has 1 aromatic carbocycles. The molecule has 18 heavy (non-hydrogen) atoms. The van der Waals surface area contributed by atoms with Gasteiger partial charge in [0.25, 0.3) is 5.69 Å². The van der Waals surface area contributed by atoms with Crippen molar-refractivity contribution in [3.63, 3.8) is 0 Å². The number of nitrogens with two attached hydrogens (primary N) is 1. The lowest BCUT2D eigenvalue weighted by atomic mass is 10.0. The van der Waals surface area contributed by atoms with Crippen LogP contribution in [0.15, 0.2) is 18.2 Å². The molecule has 0 aliphatic rings. The minimum absolute atomic E-state index is 0.0383. The van der Waals surface area contributed by atoms with Crippen LogP contribution in [0.25, 0.3) is 0 Å². The summed E-state index contributed by atoms with van der Waals surface area (Å²) in [4.78, 5) is 12.3. The number of hydrogen-bond donors (Lipinski definition) is 1. The molecule has 100 valence electrons. The molecule has 0 saturated heterocycles. The van der Waals surface area contributed by atoms with Crippen LogP contribution in [-0.4, -0.2) is 18.0 Å². The first-order valence-electron chi connectivity index (χ1n) is 6.09. The molecule has 0 amide bonds. The lowest BCUT2D eigenvalue weighted by Crippen LogP contribution is -2.30. The van der Waals surface area contributed by atoms with E-state index in [0.717, 1.165) is 12.1 Å². The monoisotopic (exact) mass is 251 g/mol. The lowest BCUT2D eigenvalue weighted by Gasteiger charge is -2.28. The molecule has 0 saturated carbocycles. The van der Waals surface area contributed by atoms with E-state index in [1.54, 1.807) is 12.1 Å². The molecule has 1 atom stereocenters. The molecular weight excluding hydrogens is 230 g/mol. The van der Waals surface area contributed by atoms with Crippen LogP contribution in [0.5, 0.6) is 0 Å². The van der Waals surface area contributed by atoms with Gasteiger partial charge in [0.05, 0.1) is 4.92 Å². The van der Waals surface area contributed by atoms with E-state index in [-0.39, 0.29) is 11.4 Å². The van der Waals surface area contributed by atoms with Gasteiger partial charge in [0, 0.05) is 24.8 Å². The average molecular weight is 251 g/mol. The van der Waals surface area contributed by atoms with E-state index in [4.69, 9.17) is 5.73 Å². The molecule has 0 aliphatic carbocycles. The predicted octanol–water partition coefficient (Wildman–Crippen LogP) is 3.05. The quantitative estimate of drug-likeness (QED) is 0.496. The second-order valence-electron chi connectivity index (χ2n) is 5.09. The number of nitrogen functional groups attached to an aromatic ring is 1. The van der Waals surface area contributed by atoms with E-state index in [1.165, 1.54) is 6.07 Å². The van der Waals surface area contributed by atoms with Gasteiger partial charge < -0.3 is 10.6 Å². The first kappa shape index (κ1) is 14.3. The van der Waals surface area contributed by atoms with Crippen LogP contribution < -0.4 is 10.6 Å². The molecular formula is C13H21N3O2. The third-order valence-corrected chi connectivity index (χ3v) is 3.09. The van der Waals surface area contributed by atoms with Crippen molar-refractivity contribution in [1.82, 2.24) is 0 Å². The van der Waals surface area contributed by atoms with Crippen LogP contribution in [0.3, 0.4) is 0 Å². The number of rotatable bonds is 5. The van der Waals surface area contributed by atoms with Crippen molar-refractivity contribution in [2.24, 2.45) is 5.92 Å². The maximum absolute atomic E-state index is 10.7. The maximum Gasteiger partial charge on any atom is 0.292 e. The highest BCUT2D eigenvalue weighted by molar-refractivity contribution is 5.66. The van der Waals surface area contributed by atoms with Gasteiger partial charge in [0.2, 0.25) is 0 Å². The van der Waals surface area contributed by atoms with Gasteiger partial charge in [-0.3, -0.25) is 10.1 Å². The number of nitro benzene ring substituents is 1. The first-order chi connectivity index (χ1) is 8.32. The molecule has 0 radical (unpaired) electrons. The SMILES string of the molecule is CC(C)CC(C)N(C)c1ccc([N+](=O)[O-])c(N)c1. The summed E-state index contributed by atoms with van der Waals surface area (Å²) in [5.41, 5.74) is 6.77. The summed E-state index contributed by atoms with van der Waals surface area (Å²) in [5, 5.41) is 10.7. The third kappa shape index (κ3) is 3.35. The molecule has 1 aromatic rings. The number of nitro groups is 1. The summed E-state index contributed by atoms with van der Waals surface area (Å²) in [5.74, 6) is 0.609. The van der Waals surface area contributed by atoms with E-state index in [0.29, 0.717) is 12.0 Å². The smallest absolute Gasteiger partial charge is 0.292 e. The first-order valence-corrected chi connectivity index (χ1v) is 6.09. The predicted molar refractivity (Wildman–Crippen MR) is 74.8 cm³/mol. The largest absolute Gasteiger partial charge is 0.393 e. The number of anilines is 2. The molecule has 0 fully saturated rings.